The summed E-state index contributed by atoms with van der Waals surface area (Å²) in [6.45, 7) is 6.49. The molecule has 0 unspecified atom stereocenters. The van der Waals surface area contributed by atoms with Crippen molar-refractivity contribution in [2.75, 3.05) is 17.8 Å². The van der Waals surface area contributed by atoms with Crippen LogP contribution in [0.5, 0.6) is 17.2 Å². The van der Waals surface area contributed by atoms with E-state index in [0.717, 1.165) is 71.0 Å². The molecule has 0 heterocycles. The fourth-order valence-electron chi connectivity index (χ4n) is 7.55. The van der Waals surface area contributed by atoms with Crippen LogP contribution >= 0.6 is 31.9 Å². The van der Waals surface area contributed by atoms with Crippen molar-refractivity contribution in [2.24, 2.45) is 0 Å². The standard InChI is InChI=1S/C49H66Br2O4S/c1-39-23-33-47(40(37-39)21-17-13-9-5-7-11-15-19-35-50)56(52,53)48-34-32-46(38-41(48)22-18-14-10-6-8-12-16-20-36-51)55-45-30-26-43(27-31-45)49(2,3)42-24-28-44(54-4)29-25-42/h23-34,37-38H,5-22,35-36H2,1-4H3. The predicted molar refractivity (Wildman–Crippen MR) is 244 cm³/mol. The van der Waals surface area contributed by atoms with Crippen molar-refractivity contribution < 1.29 is 17.9 Å². The Morgan fingerprint density at radius 3 is 1.36 bits per heavy atom. The Morgan fingerprint density at radius 2 is 0.893 bits per heavy atom. The first-order valence-electron chi connectivity index (χ1n) is 21.1. The van der Waals surface area contributed by atoms with Crippen LogP contribution in [0.2, 0.25) is 0 Å². The molecule has 7 heteroatoms. The van der Waals surface area contributed by atoms with Crippen LogP contribution in [0, 0.1) is 6.92 Å². The number of ether oxygens (including phenoxy) is 2. The van der Waals surface area contributed by atoms with Crippen molar-refractivity contribution in [1.82, 2.24) is 0 Å². The van der Waals surface area contributed by atoms with Crippen LogP contribution in [0.4, 0.5) is 0 Å². The largest absolute Gasteiger partial charge is 0.497 e. The second-order valence-electron chi connectivity index (χ2n) is 15.9. The minimum atomic E-state index is -3.75. The molecule has 0 saturated heterocycles. The number of sulfone groups is 1. The SMILES string of the molecule is COc1ccc(C(C)(C)c2ccc(Oc3ccc(S(=O)(=O)c4ccc(C)cc4CCCCCCCCCCBr)c(CCCCCCCCCCBr)c3)cc2)cc1. The molecule has 0 fully saturated rings. The number of unbranched alkanes of at least 4 members (excludes halogenated alkanes) is 14. The average molecular weight is 911 g/mol. The molecule has 0 aliphatic rings. The number of aryl methyl sites for hydroxylation is 3. The van der Waals surface area contributed by atoms with E-state index < -0.39 is 9.84 Å². The van der Waals surface area contributed by atoms with Crippen LogP contribution in [-0.4, -0.2) is 26.2 Å². The molecular formula is C49H66Br2O4S. The lowest BCUT2D eigenvalue weighted by atomic mass is 9.78. The van der Waals surface area contributed by atoms with E-state index in [-0.39, 0.29) is 5.41 Å². The molecule has 0 amide bonds. The summed E-state index contributed by atoms with van der Waals surface area (Å²) < 4.78 is 41.0. The van der Waals surface area contributed by atoms with Crippen molar-refractivity contribution in [2.45, 2.75) is 152 Å². The van der Waals surface area contributed by atoms with E-state index in [0.29, 0.717) is 22.0 Å². The van der Waals surface area contributed by atoms with Crippen molar-refractivity contribution in [3.8, 4) is 17.2 Å². The molecule has 0 aliphatic heterocycles. The van der Waals surface area contributed by atoms with Crippen LogP contribution in [-0.2, 0) is 28.1 Å². The Hall–Kier alpha value is -2.61. The molecule has 0 bridgehead atoms. The summed E-state index contributed by atoms with van der Waals surface area (Å²) >= 11 is 7.06. The topological polar surface area (TPSA) is 52.6 Å². The van der Waals surface area contributed by atoms with E-state index in [2.05, 4.69) is 83.0 Å². The minimum Gasteiger partial charge on any atom is -0.497 e. The van der Waals surface area contributed by atoms with Gasteiger partial charge in [0.15, 0.2) is 0 Å². The van der Waals surface area contributed by atoms with E-state index in [4.69, 9.17) is 9.47 Å². The molecule has 0 aliphatic carbocycles. The number of benzene rings is 4. The highest BCUT2D eigenvalue weighted by atomic mass is 79.9. The molecule has 4 nitrogen and oxygen atoms in total. The summed E-state index contributed by atoms with van der Waals surface area (Å²) in [7, 11) is -2.07. The third-order valence-electron chi connectivity index (χ3n) is 11.1. The average Bonchev–Trinajstić information content (AvgIpc) is 3.19. The first-order chi connectivity index (χ1) is 27.1. The van der Waals surface area contributed by atoms with Gasteiger partial charge in [-0.25, -0.2) is 8.42 Å². The van der Waals surface area contributed by atoms with Gasteiger partial charge in [0, 0.05) is 16.1 Å². The molecule has 0 aromatic heterocycles. The number of hydrogen-bond donors (Lipinski definition) is 0. The summed E-state index contributed by atoms with van der Waals surface area (Å²) in [5, 5.41) is 2.17. The predicted octanol–water partition coefficient (Wildman–Crippen LogP) is 15.1. The maximum absolute atomic E-state index is 14.6. The Morgan fingerprint density at radius 1 is 0.500 bits per heavy atom. The van der Waals surface area contributed by atoms with Gasteiger partial charge < -0.3 is 9.47 Å². The van der Waals surface area contributed by atoms with Gasteiger partial charge in [0.05, 0.1) is 16.9 Å². The molecule has 0 N–H and O–H groups in total. The molecule has 56 heavy (non-hydrogen) atoms. The van der Waals surface area contributed by atoms with Gasteiger partial charge in [-0.1, -0.05) is 165 Å². The van der Waals surface area contributed by atoms with Gasteiger partial charge in [-0.05, 0) is 116 Å². The molecule has 4 aromatic carbocycles. The van der Waals surface area contributed by atoms with E-state index in [9.17, 15) is 8.42 Å². The van der Waals surface area contributed by atoms with Gasteiger partial charge >= 0.3 is 0 Å². The molecule has 4 aromatic rings. The van der Waals surface area contributed by atoms with Crippen molar-refractivity contribution >= 4 is 41.7 Å². The van der Waals surface area contributed by atoms with Gasteiger partial charge in [0.25, 0.3) is 0 Å². The monoisotopic (exact) mass is 908 g/mol. The molecule has 4 rings (SSSR count). The fourth-order valence-corrected chi connectivity index (χ4v) is 10.1. The first-order valence-corrected chi connectivity index (χ1v) is 24.8. The smallest absolute Gasteiger partial charge is 0.207 e. The van der Waals surface area contributed by atoms with Crippen molar-refractivity contribution in [1.29, 1.82) is 0 Å². The Bertz CT molecular complexity index is 1840. The quantitative estimate of drug-likeness (QED) is 0.0442. The van der Waals surface area contributed by atoms with Crippen molar-refractivity contribution in [3.05, 3.63) is 113 Å². The van der Waals surface area contributed by atoms with Crippen LogP contribution < -0.4 is 9.47 Å². The summed E-state index contributed by atoms with van der Waals surface area (Å²) in [6.07, 6.45) is 20.7. The molecule has 0 spiro atoms. The van der Waals surface area contributed by atoms with E-state index in [1.165, 1.54) is 88.2 Å². The normalized spacial score (nSPS) is 11.9. The lowest BCUT2D eigenvalue weighted by Gasteiger charge is -2.26. The minimum absolute atomic E-state index is 0.205. The molecule has 0 saturated carbocycles. The third-order valence-corrected chi connectivity index (χ3v) is 14.2. The van der Waals surface area contributed by atoms with Crippen molar-refractivity contribution in [3.63, 3.8) is 0 Å². The van der Waals surface area contributed by atoms with Gasteiger partial charge in [0.1, 0.15) is 17.2 Å². The Labute approximate surface area is 356 Å². The Kier molecular flexibility index (Phi) is 20.0. The zero-order chi connectivity index (χ0) is 40.2. The van der Waals surface area contributed by atoms with Gasteiger partial charge in [-0.2, -0.15) is 0 Å². The zero-order valence-electron chi connectivity index (χ0n) is 34.5. The molecular weight excluding hydrogens is 844 g/mol. The molecule has 0 atom stereocenters. The third kappa shape index (κ3) is 14.3. The van der Waals surface area contributed by atoms with Crippen LogP contribution in [0.3, 0.4) is 0 Å². The fraction of sp³-hybridized carbons (Fsp3) is 0.510. The van der Waals surface area contributed by atoms with Crippen LogP contribution in [0.25, 0.3) is 0 Å². The number of methoxy groups -OCH3 is 1. The second-order valence-corrected chi connectivity index (χ2v) is 19.4. The van der Waals surface area contributed by atoms with Gasteiger partial charge in [-0.15, -0.1) is 0 Å². The summed E-state index contributed by atoms with van der Waals surface area (Å²) in [5.74, 6) is 2.22. The molecule has 0 radical (unpaired) electrons. The van der Waals surface area contributed by atoms with Crippen LogP contribution in [0.15, 0.2) is 94.7 Å². The molecule has 306 valence electrons. The summed E-state index contributed by atoms with van der Waals surface area (Å²) in [5.41, 5.74) is 5.04. The first kappa shape index (κ1) is 46.1. The number of rotatable bonds is 27. The number of halogens is 2. The Balaban J connectivity index is 1.51. The lowest BCUT2D eigenvalue weighted by molar-refractivity contribution is 0.414. The maximum Gasteiger partial charge on any atom is 0.207 e. The highest BCUT2D eigenvalue weighted by Crippen LogP contribution is 2.36. The lowest BCUT2D eigenvalue weighted by Crippen LogP contribution is -2.18. The maximum atomic E-state index is 14.6. The zero-order valence-corrected chi connectivity index (χ0v) is 38.5. The van der Waals surface area contributed by atoms with Gasteiger partial charge in [0.2, 0.25) is 9.84 Å². The van der Waals surface area contributed by atoms with E-state index >= 15 is 0 Å². The number of alkyl halides is 2. The highest BCUT2D eigenvalue weighted by Gasteiger charge is 2.26. The summed E-state index contributed by atoms with van der Waals surface area (Å²) in [4.78, 5) is 0.858. The summed E-state index contributed by atoms with van der Waals surface area (Å²) in [6, 6.07) is 27.9. The van der Waals surface area contributed by atoms with Gasteiger partial charge in [-0.3, -0.25) is 0 Å². The second kappa shape index (κ2) is 24.3. The van der Waals surface area contributed by atoms with E-state index in [1.54, 1.807) is 13.2 Å². The number of hydrogen-bond acceptors (Lipinski definition) is 4. The van der Waals surface area contributed by atoms with E-state index in [1.807, 2.05) is 48.5 Å². The highest BCUT2D eigenvalue weighted by molar-refractivity contribution is 9.09. The van der Waals surface area contributed by atoms with Crippen LogP contribution in [0.1, 0.15) is 144 Å².